The van der Waals surface area contributed by atoms with Crippen LogP contribution in [0.3, 0.4) is 0 Å². The molecule has 0 atom stereocenters. The Morgan fingerprint density at radius 2 is 2.05 bits per heavy atom. The highest BCUT2D eigenvalue weighted by atomic mass is 16.4. The number of carbonyl (C=O) groups excluding carboxylic acids is 1. The zero-order valence-corrected chi connectivity index (χ0v) is 11.9. The lowest BCUT2D eigenvalue weighted by Crippen LogP contribution is -2.46. The molecule has 0 radical (unpaired) electrons. The van der Waals surface area contributed by atoms with Crippen molar-refractivity contribution in [3.05, 3.63) is 29.8 Å². The van der Waals surface area contributed by atoms with Crippen LogP contribution in [0, 0.1) is 6.92 Å². The van der Waals surface area contributed by atoms with E-state index in [9.17, 15) is 9.59 Å². The topological polar surface area (TPSA) is 60.9 Å². The maximum absolute atomic E-state index is 12.6. The smallest absolute Gasteiger partial charge is 0.325 e. The van der Waals surface area contributed by atoms with Crippen molar-refractivity contribution < 1.29 is 14.7 Å². The molecule has 0 aromatic heterocycles. The van der Waals surface area contributed by atoms with Gasteiger partial charge in [-0.05, 0) is 44.4 Å². The fourth-order valence-corrected chi connectivity index (χ4v) is 2.26. The SMILES string of the molecule is CCN(C(=O)N(CC(=O)O)C1CC1)c1cccc(C)c1. The number of carboxylic acid groups (broad SMARTS) is 1. The third kappa shape index (κ3) is 3.29. The van der Waals surface area contributed by atoms with Crippen molar-refractivity contribution >= 4 is 17.7 Å². The van der Waals surface area contributed by atoms with Gasteiger partial charge in [0.1, 0.15) is 6.54 Å². The monoisotopic (exact) mass is 276 g/mol. The minimum atomic E-state index is -0.967. The molecule has 0 unspecified atom stereocenters. The summed E-state index contributed by atoms with van der Waals surface area (Å²) in [4.78, 5) is 26.6. The Labute approximate surface area is 118 Å². The van der Waals surface area contributed by atoms with Crippen molar-refractivity contribution in [1.29, 1.82) is 0 Å². The summed E-state index contributed by atoms with van der Waals surface area (Å²) in [5.41, 5.74) is 1.89. The van der Waals surface area contributed by atoms with Gasteiger partial charge < -0.3 is 10.0 Å². The standard InChI is InChI=1S/C15H20N2O3/c1-3-16(13-6-4-5-11(2)9-13)15(20)17(10-14(18)19)12-7-8-12/h4-6,9,12H,3,7-8,10H2,1-2H3,(H,18,19). The maximum Gasteiger partial charge on any atom is 0.325 e. The summed E-state index contributed by atoms with van der Waals surface area (Å²) < 4.78 is 0. The molecule has 5 nitrogen and oxygen atoms in total. The van der Waals surface area contributed by atoms with Gasteiger partial charge in [-0.25, -0.2) is 4.79 Å². The molecule has 0 aliphatic heterocycles. The summed E-state index contributed by atoms with van der Waals surface area (Å²) in [7, 11) is 0. The van der Waals surface area contributed by atoms with Gasteiger partial charge in [-0.15, -0.1) is 0 Å². The average molecular weight is 276 g/mol. The molecule has 0 heterocycles. The van der Waals surface area contributed by atoms with Crippen molar-refractivity contribution in [2.75, 3.05) is 18.0 Å². The number of nitrogens with zero attached hydrogens (tertiary/aromatic N) is 2. The lowest BCUT2D eigenvalue weighted by Gasteiger charge is -2.29. The van der Waals surface area contributed by atoms with Gasteiger partial charge in [0.25, 0.3) is 0 Å². The van der Waals surface area contributed by atoms with Gasteiger partial charge in [-0.2, -0.15) is 0 Å². The summed E-state index contributed by atoms with van der Waals surface area (Å²) in [5, 5.41) is 8.97. The maximum atomic E-state index is 12.6. The van der Waals surface area contributed by atoms with Crippen LogP contribution in [0.2, 0.25) is 0 Å². The molecule has 1 saturated carbocycles. The minimum absolute atomic E-state index is 0.0810. The number of aliphatic carboxylic acids is 1. The Balaban J connectivity index is 2.20. The van der Waals surface area contributed by atoms with Gasteiger partial charge in [0.2, 0.25) is 0 Å². The first-order valence-corrected chi connectivity index (χ1v) is 6.89. The van der Waals surface area contributed by atoms with E-state index >= 15 is 0 Å². The van der Waals surface area contributed by atoms with E-state index in [4.69, 9.17) is 5.11 Å². The van der Waals surface area contributed by atoms with Gasteiger partial charge in [0.15, 0.2) is 0 Å². The van der Waals surface area contributed by atoms with Crippen LogP contribution in [0.5, 0.6) is 0 Å². The number of hydrogen-bond acceptors (Lipinski definition) is 2. The summed E-state index contributed by atoms with van der Waals surface area (Å²) >= 11 is 0. The normalized spacial score (nSPS) is 13.9. The lowest BCUT2D eigenvalue weighted by atomic mass is 10.2. The third-order valence-electron chi connectivity index (χ3n) is 3.40. The second kappa shape index (κ2) is 5.94. The number of amides is 2. The predicted molar refractivity (Wildman–Crippen MR) is 77.0 cm³/mol. The quantitative estimate of drug-likeness (QED) is 0.898. The predicted octanol–water partition coefficient (Wildman–Crippen LogP) is 2.49. The van der Waals surface area contributed by atoms with Crippen molar-refractivity contribution in [3.8, 4) is 0 Å². The van der Waals surface area contributed by atoms with Gasteiger partial charge in [-0.1, -0.05) is 12.1 Å². The molecule has 2 rings (SSSR count). The van der Waals surface area contributed by atoms with E-state index in [1.807, 2.05) is 38.1 Å². The van der Waals surface area contributed by atoms with E-state index in [0.717, 1.165) is 24.1 Å². The van der Waals surface area contributed by atoms with Gasteiger partial charge >= 0.3 is 12.0 Å². The molecule has 1 aromatic rings. The van der Waals surface area contributed by atoms with E-state index in [0.29, 0.717) is 6.54 Å². The molecule has 1 aliphatic carbocycles. The van der Waals surface area contributed by atoms with Crippen LogP contribution in [0.4, 0.5) is 10.5 Å². The molecular weight excluding hydrogens is 256 g/mol. The molecule has 2 amide bonds. The minimum Gasteiger partial charge on any atom is -0.480 e. The van der Waals surface area contributed by atoms with Gasteiger partial charge in [0, 0.05) is 18.3 Å². The zero-order chi connectivity index (χ0) is 14.7. The number of benzene rings is 1. The van der Waals surface area contributed by atoms with Crippen molar-refractivity contribution in [2.24, 2.45) is 0 Å². The number of hydrogen-bond donors (Lipinski definition) is 1. The molecule has 5 heteroatoms. The first-order valence-electron chi connectivity index (χ1n) is 6.89. The Morgan fingerprint density at radius 1 is 1.35 bits per heavy atom. The van der Waals surface area contributed by atoms with Gasteiger partial charge in [-0.3, -0.25) is 9.69 Å². The molecule has 1 aliphatic rings. The highest BCUT2D eigenvalue weighted by Gasteiger charge is 2.36. The highest BCUT2D eigenvalue weighted by Crippen LogP contribution is 2.29. The Bertz CT molecular complexity index is 512. The van der Waals surface area contributed by atoms with Crippen LogP contribution >= 0.6 is 0 Å². The largest absolute Gasteiger partial charge is 0.480 e. The van der Waals surface area contributed by atoms with Crippen LogP contribution in [0.15, 0.2) is 24.3 Å². The zero-order valence-electron chi connectivity index (χ0n) is 11.9. The highest BCUT2D eigenvalue weighted by molar-refractivity contribution is 5.94. The second-order valence-electron chi connectivity index (χ2n) is 5.12. The van der Waals surface area contributed by atoms with Crippen LogP contribution in [-0.2, 0) is 4.79 Å². The second-order valence-corrected chi connectivity index (χ2v) is 5.12. The molecule has 1 N–H and O–H groups in total. The molecule has 0 bridgehead atoms. The van der Waals surface area contributed by atoms with E-state index in [1.165, 1.54) is 4.90 Å². The molecule has 0 saturated heterocycles. The first-order chi connectivity index (χ1) is 9.52. The van der Waals surface area contributed by atoms with Crippen LogP contribution in [0.1, 0.15) is 25.3 Å². The number of anilines is 1. The van der Waals surface area contributed by atoms with Gasteiger partial charge in [0.05, 0.1) is 0 Å². The summed E-state index contributed by atoms with van der Waals surface area (Å²) in [6.45, 7) is 4.15. The van der Waals surface area contributed by atoms with Crippen molar-refractivity contribution in [3.63, 3.8) is 0 Å². The Morgan fingerprint density at radius 3 is 2.55 bits per heavy atom. The lowest BCUT2D eigenvalue weighted by molar-refractivity contribution is -0.137. The number of carbonyl (C=O) groups is 2. The van der Waals surface area contributed by atoms with Crippen LogP contribution < -0.4 is 4.90 Å². The fraction of sp³-hybridized carbons (Fsp3) is 0.467. The fourth-order valence-electron chi connectivity index (χ4n) is 2.26. The average Bonchev–Trinajstić information content (AvgIpc) is 3.21. The molecule has 108 valence electrons. The van der Waals surface area contributed by atoms with E-state index in [-0.39, 0.29) is 18.6 Å². The Hall–Kier alpha value is -2.04. The number of urea groups is 1. The number of rotatable bonds is 5. The number of carboxylic acids is 1. The van der Waals surface area contributed by atoms with Crippen molar-refractivity contribution in [2.45, 2.75) is 32.7 Å². The molecule has 20 heavy (non-hydrogen) atoms. The van der Waals surface area contributed by atoms with E-state index < -0.39 is 5.97 Å². The molecular formula is C15H20N2O3. The van der Waals surface area contributed by atoms with E-state index in [1.54, 1.807) is 4.90 Å². The number of aryl methyl sites for hydroxylation is 1. The van der Waals surface area contributed by atoms with Crippen LogP contribution in [-0.4, -0.2) is 41.1 Å². The van der Waals surface area contributed by atoms with Crippen LogP contribution in [0.25, 0.3) is 0 Å². The molecule has 1 fully saturated rings. The van der Waals surface area contributed by atoms with E-state index in [2.05, 4.69) is 0 Å². The molecule has 0 spiro atoms. The summed E-state index contributed by atoms with van der Waals surface area (Å²) in [6.07, 6.45) is 1.79. The summed E-state index contributed by atoms with van der Waals surface area (Å²) in [5.74, 6) is -0.967. The molecule has 1 aromatic carbocycles. The van der Waals surface area contributed by atoms with Crippen molar-refractivity contribution in [1.82, 2.24) is 4.90 Å². The third-order valence-corrected chi connectivity index (χ3v) is 3.40. The first kappa shape index (κ1) is 14.4. The summed E-state index contributed by atoms with van der Waals surface area (Å²) in [6, 6.07) is 7.55. The Kier molecular flexibility index (Phi) is 4.27.